The van der Waals surface area contributed by atoms with E-state index in [-0.39, 0.29) is 6.54 Å². The first-order valence-corrected chi connectivity index (χ1v) is 8.52. The van der Waals surface area contributed by atoms with Gasteiger partial charge in [0.05, 0.1) is 0 Å². The van der Waals surface area contributed by atoms with Crippen LogP contribution in [-0.4, -0.2) is 35.3 Å². The van der Waals surface area contributed by atoms with E-state index < -0.39 is 23.9 Å². The maximum atomic E-state index is 12.7. The van der Waals surface area contributed by atoms with Crippen molar-refractivity contribution in [2.45, 2.75) is 19.9 Å². The molecule has 0 spiro atoms. The molecule has 0 aromatic heterocycles. The molecule has 1 aliphatic heterocycles. The molecule has 26 heavy (non-hydrogen) atoms. The summed E-state index contributed by atoms with van der Waals surface area (Å²) in [6, 6.07) is 12.7. The van der Waals surface area contributed by atoms with Crippen LogP contribution in [0.3, 0.4) is 0 Å². The van der Waals surface area contributed by atoms with Crippen molar-refractivity contribution < 1.29 is 14.4 Å². The molecule has 7 heteroatoms. The maximum absolute atomic E-state index is 12.7. The van der Waals surface area contributed by atoms with Crippen LogP contribution in [0.15, 0.2) is 48.5 Å². The Morgan fingerprint density at radius 2 is 1.77 bits per heavy atom. The topological polar surface area (TPSA) is 69.7 Å². The van der Waals surface area contributed by atoms with Gasteiger partial charge in [0.2, 0.25) is 5.91 Å². The summed E-state index contributed by atoms with van der Waals surface area (Å²) in [7, 11) is 0. The highest BCUT2D eigenvalue weighted by Gasteiger charge is 2.44. The molecule has 1 heterocycles. The van der Waals surface area contributed by atoms with Gasteiger partial charge in [-0.05, 0) is 49.7 Å². The minimum atomic E-state index is -0.685. The van der Waals surface area contributed by atoms with Crippen LogP contribution < -0.4 is 10.2 Å². The van der Waals surface area contributed by atoms with Gasteiger partial charge >= 0.3 is 6.03 Å². The van der Waals surface area contributed by atoms with E-state index in [0.717, 1.165) is 10.5 Å². The fraction of sp³-hybridized carbons (Fsp3) is 0.211. The Kier molecular flexibility index (Phi) is 4.95. The number of nitrogens with zero attached hydrogens (tertiary/aromatic N) is 2. The van der Waals surface area contributed by atoms with Gasteiger partial charge in [0.15, 0.2) is 0 Å². The largest absolute Gasteiger partial charge is 0.332 e. The van der Waals surface area contributed by atoms with Crippen molar-refractivity contribution in [3.05, 3.63) is 59.1 Å². The van der Waals surface area contributed by atoms with Crippen LogP contribution in [0, 0.1) is 6.92 Å². The number of hydrogen-bond donors (Lipinski definition) is 1. The summed E-state index contributed by atoms with van der Waals surface area (Å²) in [6.45, 7) is 3.17. The Morgan fingerprint density at radius 1 is 1.12 bits per heavy atom. The number of aryl methyl sites for hydroxylation is 1. The van der Waals surface area contributed by atoms with E-state index in [9.17, 15) is 14.4 Å². The lowest BCUT2D eigenvalue weighted by Gasteiger charge is -2.19. The quantitative estimate of drug-likeness (QED) is 0.837. The number of benzene rings is 2. The van der Waals surface area contributed by atoms with Crippen LogP contribution in [0.25, 0.3) is 0 Å². The maximum Gasteiger partial charge on any atom is 0.332 e. The van der Waals surface area contributed by atoms with E-state index in [4.69, 9.17) is 11.6 Å². The van der Waals surface area contributed by atoms with E-state index in [1.165, 1.54) is 4.90 Å². The third-order valence-electron chi connectivity index (χ3n) is 4.27. The van der Waals surface area contributed by atoms with Crippen molar-refractivity contribution in [1.82, 2.24) is 4.90 Å². The normalized spacial score (nSPS) is 17.0. The van der Waals surface area contributed by atoms with E-state index >= 15 is 0 Å². The molecule has 0 bridgehead atoms. The zero-order valence-electron chi connectivity index (χ0n) is 14.4. The van der Waals surface area contributed by atoms with E-state index in [1.54, 1.807) is 43.3 Å². The highest BCUT2D eigenvalue weighted by Crippen LogP contribution is 2.27. The first kappa shape index (κ1) is 17.9. The third-order valence-corrected chi connectivity index (χ3v) is 4.53. The molecule has 1 aliphatic rings. The SMILES string of the molecule is Cc1ccccc1NC(=O)CN1C(=O)C(C)N(c2ccc(Cl)cc2)C1=O. The smallest absolute Gasteiger partial charge is 0.324 e. The fourth-order valence-corrected chi connectivity index (χ4v) is 2.98. The van der Waals surface area contributed by atoms with Gasteiger partial charge in [0, 0.05) is 16.4 Å². The second-order valence-corrected chi connectivity index (χ2v) is 6.53. The van der Waals surface area contributed by atoms with Gasteiger partial charge < -0.3 is 5.32 Å². The summed E-state index contributed by atoms with van der Waals surface area (Å²) in [5, 5.41) is 3.27. The fourth-order valence-electron chi connectivity index (χ4n) is 2.85. The van der Waals surface area contributed by atoms with E-state index in [2.05, 4.69) is 5.32 Å². The minimum Gasteiger partial charge on any atom is -0.324 e. The number of carbonyl (C=O) groups excluding carboxylic acids is 3. The minimum absolute atomic E-state index is 0.333. The van der Waals surface area contributed by atoms with E-state index in [0.29, 0.717) is 16.4 Å². The average molecular weight is 372 g/mol. The molecule has 0 saturated carbocycles. The number of anilines is 2. The molecule has 1 unspecified atom stereocenters. The van der Waals surface area contributed by atoms with E-state index in [1.807, 2.05) is 19.1 Å². The Hall–Kier alpha value is -2.86. The van der Waals surface area contributed by atoms with Crippen LogP contribution >= 0.6 is 11.6 Å². The molecule has 4 amide bonds. The Balaban J connectivity index is 1.75. The summed E-state index contributed by atoms with van der Waals surface area (Å²) in [5.41, 5.74) is 2.11. The van der Waals surface area contributed by atoms with Crippen molar-refractivity contribution in [2.24, 2.45) is 0 Å². The number of amides is 4. The molecule has 3 rings (SSSR count). The summed E-state index contributed by atoms with van der Waals surface area (Å²) in [5.74, 6) is -0.837. The number of urea groups is 1. The lowest BCUT2D eigenvalue weighted by atomic mass is 10.2. The second-order valence-electron chi connectivity index (χ2n) is 6.09. The van der Waals surface area contributed by atoms with Crippen LogP contribution in [0.5, 0.6) is 0 Å². The molecule has 2 aromatic carbocycles. The molecule has 1 atom stereocenters. The standard InChI is InChI=1S/C19H18ClN3O3/c1-12-5-3-4-6-16(12)21-17(24)11-22-18(25)13(2)23(19(22)26)15-9-7-14(20)8-10-15/h3-10,13H,11H2,1-2H3,(H,21,24). The summed E-state index contributed by atoms with van der Waals surface area (Å²) in [4.78, 5) is 39.8. The second kappa shape index (κ2) is 7.17. The molecule has 6 nitrogen and oxygen atoms in total. The number of nitrogens with one attached hydrogen (secondary N) is 1. The van der Waals surface area contributed by atoms with Gasteiger partial charge in [-0.3, -0.25) is 19.4 Å². The molecule has 0 aliphatic carbocycles. The molecule has 134 valence electrons. The Labute approximate surface area is 156 Å². The van der Waals surface area contributed by atoms with Gasteiger partial charge in [-0.15, -0.1) is 0 Å². The number of imide groups is 1. The Morgan fingerprint density at radius 3 is 2.42 bits per heavy atom. The molecular weight excluding hydrogens is 354 g/mol. The van der Waals surface area contributed by atoms with Crippen LogP contribution in [0.1, 0.15) is 12.5 Å². The highest BCUT2D eigenvalue weighted by atomic mass is 35.5. The lowest BCUT2D eigenvalue weighted by molar-refractivity contribution is -0.130. The van der Waals surface area contributed by atoms with Gasteiger partial charge in [-0.2, -0.15) is 0 Å². The molecular formula is C19H18ClN3O3. The Bertz CT molecular complexity index is 867. The van der Waals surface area contributed by atoms with Gasteiger partial charge in [-0.1, -0.05) is 29.8 Å². The first-order chi connectivity index (χ1) is 12.4. The zero-order chi connectivity index (χ0) is 18.8. The lowest BCUT2D eigenvalue weighted by Crippen LogP contribution is -2.39. The van der Waals surface area contributed by atoms with Crippen molar-refractivity contribution in [3.8, 4) is 0 Å². The third kappa shape index (κ3) is 3.41. The monoisotopic (exact) mass is 371 g/mol. The summed E-state index contributed by atoms with van der Waals surface area (Å²) >= 11 is 5.87. The van der Waals surface area contributed by atoms with Crippen molar-refractivity contribution in [2.75, 3.05) is 16.8 Å². The van der Waals surface area contributed by atoms with Crippen molar-refractivity contribution in [3.63, 3.8) is 0 Å². The molecule has 1 N–H and O–H groups in total. The number of para-hydroxylation sites is 1. The number of hydrogen-bond acceptors (Lipinski definition) is 3. The first-order valence-electron chi connectivity index (χ1n) is 8.14. The number of rotatable bonds is 4. The number of halogens is 1. The molecule has 1 saturated heterocycles. The van der Waals surface area contributed by atoms with Crippen LogP contribution in [-0.2, 0) is 9.59 Å². The summed E-state index contributed by atoms with van der Waals surface area (Å²) < 4.78 is 0. The van der Waals surface area contributed by atoms with Gasteiger partial charge in [0.25, 0.3) is 5.91 Å². The molecule has 1 fully saturated rings. The van der Waals surface area contributed by atoms with Crippen molar-refractivity contribution >= 4 is 40.8 Å². The predicted molar refractivity (Wildman–Crippen MR) is 100 cm³/mol. The van der Waals surface area contributed by atoms with Crippen molar-refractivity contribution in [1.29, 1.82) is 0 Å². The van der Waals surface area contributed by atoms with Crippen LogP contribution in [0.2, 0.25) is 5.02 Å². The van der Waals surface area contributed by atoms with Crippen LogP contribution in [0.4, 0.5) is 16.2 Å². The molecule has 0 radical (unpaired) electrons. The average Bonchev–Trinajstić information content (AvgIpc) is 2.82. The number of carbonyl (C=O) groups is 3. The summed E-state index contributed by atoms with van der Waals surface area (Å²) in [6.07, 6.45) is 0. The van der Waals surface area contributed by atoms with Gasteiger partial charge in [0.1, 0.15) is 12.6 Å². The zero-order valence-corrected chi connectivity index (χ0v) is 15.2. The molecule has 2 aromatic rings. The predicted octanol–water partition coefficient (Wildman–Crippen LogP) is 3.44. The highest BCUT2D eigenvalue weighted by molar-refractivity contribution is 6.30. The van der Waals surface area contributed by atoms with Gasteiger partial charge in [-0.25, -0.2) is 4.79 Å².